The summed E-state index contributed by atoms with van der Waals surface area (Å²) in [5, 5.41) is 10.6. The van der Waals surface area contributed by atoms with Crippen LogP contribution < -0.4 is 10.5 Å². The van der Waals surface area contributed by atoms with Gasteiger partial charge >= 0.3 is 0 Å². The molecule has 0 bridgehead atoms. The number of aromatic amines is 1. The first kappa shape index (κ1) is 12.8. The lowest BCUT2D eigenvalue weighted by atomic mass is 10.3. The highest BCUT2D eigenvalue weighted by Crippen LogP contribution is 2.21. The summed E-state index contributed by atoms with van der Waals surface area (Å²) >= 11 is 11.6. The van der Waals surface area contributed by atoms with Crippen molar-refractivity contribution < 1.29 is 4.74 Å². The van der Waals surface area contributed by atoms with Crippen molar-refractivity contribution in [1.82, 2.24) is 30.4 Å². The van der Waals surface area contributed by atoms with Crippen LogP contribution in [0.3, 0.4) is 0 Å². The zero-order chi connectivity index (χ0) is 14.1. The molecular formula is C10H7Cl2N7O. The standard InChI is InChI=1S/C10H7Cl2N7O/c11-5-1-4(2-6(12)14-5)3-20-9-7-8(18-19-17-7)15-10(13)16-9/h1-2H,3H2,(H3,13,15,16,17,18,19). The van der Waals surface area contributed by atoms with E-state index in [0.29, 0.717) is 11.2 Å². The number of ether oxygens (including phenoxy) is 1. The number of rotatable bonds is 3. The Morgan fingerprint density at radius 1 is 1.15 bits per heavy atom. The van der Waals surface area contributed by atoms with E-state index in [-0.39, 0.29) is 28.7 Å². The molecule has 3 rings (SSSR count). The maximum atomic E-state index is 5.81. The van der Waals surface area contributed by atoms with Gasteiger partial charge < -0.3 is 10.5 Å². The van der Waals surface area contributed by atoms with Gasteiger partial charge in [0, 0.05) is 0 Å². The Balaban J connectivity index is 1.88. The van der Waals surface area contributed by atoms with Gasteiger partial charge in [-0.05, 0) is 17.7 Å². The number of nitrogen functional groups attached to an aromatic ring is 1. The summed E-state index contributed by atoms with van der Waals surface area (Å²) in [4.78, 5) is 11.8. The molecular weight excluding hydrogens is 305 g/mol. The molecule has 0 aliphatic carbocycles. The topological polar surface area (TPSA) is 115 Å². The van der Waals surface area contributed by atoms with Crippen LogP contribution in [-0.2, 0) is 6.61 Å². The van der Waals surface area contributed by atoms with Crippen molar-refractivity contribution in [2.24, 2.45) is 0 Å². The second-order valence-corrected chi connectivity index (χ2v) is 4.58. The van der Waals surface area contributed by atoms with E-state index in [1.54, 1.807) is 12.1 Å². The molecule has 0 saturated heterocycles. The molecule has 0 aliphatic rings. The van der Waals surface area contributed by atoms with Crippen molar-refractivity contribution in [2.45, 2.75) is 6.61 Å². The highest BCUT2D eigenvalue weighted by Gasteiger charge is 2.11. The van der Waals surface area contributed by atoms with Crippen molar-refractivity contribution in [3.05, 3.63) is 28.0 Å². The number of aromatic nitrogens is 6. The molecule has 20 heavy (non-hydrogen) atoms. The van der Waals surface area contributed by atoms with Crippen LogP contribution in [0, 0.1) is 0 Å². The Bertz CT molecular complexity index is 755. The largest absolute Gasteiger partial charge is 0.471 e. The van der Waals surface area contributed by atoms with Gasteiger partial charge in [-0.15, -0.1) is 5.10 Å². The van der Waals surface area contributed by atoms with Crippen LogP contribution in [0.15, 0.2) is 12.1 Å². The van der Waals surface area contributed by atoms with Crippen molar-refractivity contribution in [2.75, 3.05) is 5.73 Å². The van der Waals surface area contributed by atoms with Gasteiger partial charge in [0.2, 0.25) is 11.8 Å². The van der Waals surface area contributed by atoms with Crippen LogP contribution in [-0.4, -0.2) is 30.4 Å². The number of pyridine rings is 1. The molecule has 3 aromatic rings. The van der Waals surface area contributed by atoms with Crippen LogP contribution >= 0.6 is 23.2 Å². The number of hydrogen-bond acceptors (Lipinski definition) is 7. The first-order chi connectivity index (χ1) is 9.61. The summed E-state index contributed by atoms with van der Waals surface area (Å²) in [6.45, 7) is 0.181. The highest BCUT2D eigenvalue weighted by molar-refractivity contribution is 6.32. The Kier molecular flexibility index (Phi) is 3.25. The molecule has 0 unspecified atom stereocenters. The minimum absolute atomic E-state index is 0.0596. The molecule has 3 N–H and O–H groups in total. The van der Waals surface area contributed by atoms with E-state index in [0.717, 1.165) is 5.56 Å². The van der Waals surface area contributed by atoms with E-state index in [9.17, 15) is 0 Å². The lowest BCUT2D eigenvalue weighted by Crippen LogP contribution is -2.02. The van der Waals surface area contributed by atoms with E-state index < -0.39 is 0 Å². The first-order valence-corrected chi connectivity index (χ1v) is 6.16. The van der Waals surface area contributed by atoms with E-state index in [4.69, 9.17) is 33.7 Å². The minimum atomic E-state index is 0.0596. The molecule has 0 aliphatic heterocycles. The average molecular weight is 312 g/mol. The van der Waals surface area contributed by atoms with Crippen LogP contribution in [0.2, 0.25) is 10.3 Å². The van der Waals surface area contributed by atoms with Gasteiger partial charge in [-0.25, -0.2) is 10.1 Å². The Morgan fingerprint density at radius 3 is 2.65 bits per heavy atom. The van der Waals surface area contributed by atoms with Crippen LogP contribution in [0.25, 0.3) is 11.2 Å². The van der Waals surface area contributed by atoms with Crippen LogP contribution in [0.4, 0.5) is 5.95 Å². The molecule has 0 saturated carbocycles. The summed E-state index contributed by atoms with van der Waals surface area (Å²) < 4.78 is 5.56. The SMILES string of the molecule is Nc1nc(OCc2cc(Cl)nc(Cl)c2)c2nn[nH]c2n1. The summed E-state index contributed by atoms with van der Waals surface area (Å²) in [5.74, 6) is 0.287. The number of fused-ring (bicyclic) bond motifs is 1. The monoisotopic (exact) mass is 311 g/mol. The average Bonchev–Trinajstić information content (AvgIpc) is 2.82. The number of nitrogens with two attached hydrogens (primary N) is 1. The number of halogens is 2. The second-order valence-electron chi connectivity index (χ2n) is 3.81. The third-order valence-corrected chi connectivity index (χ3v) is 2.76. The zero-order valence-electron chi connectivity index (χ0n) is 9.84. The second kappa shape index (κ2) is 5.06. The lowest BCUT2D eigenvalue weighted by Gasteiger charge is -2.06. The third-order valence-electron chi connectivity index (χ3n) is 2.37. The molecule has 3 heterocycles. The molecule has 0 atom stereocenters. The Labute approximate surface area is 122 Å². The molecule has 8 nitrogen and oxygen atoms in total. The lowest BCUT2D eigenvalue weighted by molar-refractivity contribution is 0.297. The molecule has 0 fully saturated rings. The molecule has 102 valence electrons. The van der Waals surface area contributed by atoms with Crippen LogP contribution in [0.5, 0.6) is 5.88 Å². The van der Waals surface area contributed by atoms with Gasteiger partial charge in [0.05, 0.1) is 0 Å². The van der Waals surface area contributed by atoms with Crippen molar-refractivity contribution in [3.8, 4) is 5.88 Å². The van der Waals surface area contributed by atoms with Gasteiger partial charge in [0.1, 0.15) is 16.9 Å². The number of H-pyrrole nitrogens is 1. The number of hydrogen-bond donors (Lipinski definition) is 2. The van der Waals surface area contributed by atoms with Crippen molar-refractivity contribution >= 4 is 40.3 Å². The quantitative estimate of drug-likeness (QED) is 0.706. The van der Waals surface area contributed by atoms with Gasteiger partial charge in [-0.2, -0.15) is 9.97 Å². The summed E-state index contributed by atoms with van der Waals surface area (Å²) in [6, 6.07) is 3.27. The van der Waals surface area contributed by atoms with Gasteiger partial charge in [0.15, 0.2) is 11.2 Å². The van der Waals surface area contributed by atoms with E-state index in [2.05, 4.69) is 30.4 Å². The number of anilines is 1. The summed E-state index contributed by atoms with van der Waals surface area (Å²) in [6.07, 6.45) is 0. The predicted molar refractivity (Wildman–Crippen MR) is 72.5 cm³/mol. The summed E-state index contributed by atoms with van der Waals surface area (Å²) in [7, 11) is 0. The Morgan fingerprint density at radius 2 is 1.90 bits per heavy atom. The highest BCUT2D eigenvalue weighted by atomic mass is 35.5. The minimum Gasteiger partial charge on any atom is -0.471 e. The normalized spacial score (nSPS) is 10.9. The molecule has 10 heteroatoms. The maximum Gasteiger partial charge on any atom is 0.249 e. The molecule has 3 aromatic heterocycles. The molecule has 0 aromatic carbocycles. The fourth-order valence-corrected chi connectivity index (χ4v) is 2.10. The van der Waals surface area contributed by atoms with E-state index >= 15 is 0 Å². The fraction of sp³-hybridized carbons (Fsp3) is 0.100. The van der Waals surface area contributed by atoms with Crippen molar-refractivity contribution in [3.63, 3.8) is 0 Å². The first-order valence-electron chi connectivity index (χ1n) is 5.41. The number of nitrogens with one attached hydrogen (secondary N) is 1. The van der Waals surface area contributed by atoms with Gasteiger partial charge in [0.25, 0.3) is 0 Å². The Hall–Kier alpha value is -2.19. The van der Waals surface area contributed by atoms with E-state index in [1.165, 1.54) is 0 Å². The predicted octanol–water partition coefficient (Wildman–Crippen LogP) is 1.61. The fourth-order valence-electron chi connectivity index (χ4n) is 1.59. The summed E-state index contributed by atoms with van der Waals surface area (Å²) in [5.41, 5.74) is 7.11. The molecule has 0 radical (unpaired) electrons. The van der Waals surface area contributed by atoms with Gasteiger partial charge in [-0.1, -0.05) is 28.4 Å². The molecule has 0 spiro atoms. The van der Waals surface area contributed by atoms with Gasteiger partial charge in [-0.3, -0.25) is 0 Å². The molecule has 0 amide bonds. The number of nitrogens with zero attached hydrogens (tertiary/aromatic N) is 5. The smallest absolute Gasteiger partial charge is 0.249 e. The van der Waals surface area contributed by atoms with E-state index in [1.807, 2.05) is 0 Å². The zero-order valence-corrected chi connectivity index (χ0v) is 11.4. The maximum absolute atomic E-state index is 5.81. The third kappa shape index (κ3) is 2.56. The van der Waals surface area contributed by atoms with Crippen LogP contribution in [0.1, 0.15) is 5.56 Å². The van der Waals surface area contributed by atoms with Crippen molar-refractivity contribution in [1.29, 1.82) is 0 Å².